The number of anilines is 1. The highest BCUT2D eigenvalue weighted by Crippen LogP contribution is 2.34. The lowest BCUT2D eigenvalue weighted by Gasteiger charge is -2.24. The van der Waals surface area contributed by atoms with Gasteiger partial charge in [-0.1, -0.05) is 6.07 Å². The predicted octanol–water partition coefficient (Wildman–Crippen LogP) is 2.31. The largest absolute Gasteiger partial charge is 0.470 e. The van der Waals surface area contributed by atoms with Crippen molar-refractivity contribution in [2.24, 2.45) is 0 Å². The third kappa shape index (κ3) is 1.95. The van der Waals surface area contributed by atoms with E-state index in [1.807, 2.05) is 6.07 Å². The average Bonchev–Trinajstić information content (AvgIpc) is 2.39. The number of carbonyl (C=O) groups excluding carboxylic acids is 1. The van der Waals surface area contributed by atoms with Crippen molar-refractivity contribution in [3.63, 3.8) is 0 Å². The number of nitrogens with one attached hydrogen (secondary N) is 1. The van der Waals surface area contributed by atoms with Crippen LogP contribution in [0.25, 0.3) is 0 Å². The lowest BCUT2D eigenvalue weighted by atomic mass is 10.2. The molecule has 6 heteroatoms. The van der Waals surface area contributed by atoms with Gasteiger partial charge >= 0.3 is 0 Å². The normalized spacial score (nSPS) is 17.6. The Morgan fingerprint density at radius 3 is 3.00 bits per heavy atom. The Labute approximate surface area is 111 Å². The maximum absolute atomic E-state index is 11.9. The zero-order valence-corrected chi connectivity index (χ0v) is 10.7. The van der Waals surface area contributed by atoms with Crippen molar-refractivity contribution in [3.05, 3.63) is 46.8 Å². The van der Waals surface area contributed by atoms with Gasteiger partial charge < -0.3 is 10.1 Å². The molecule has 0 aromatic carbocycles. The number of rotatable bonds is 1. The van der Waals surface area contributed by atoms with E-state index in [0.717, 1.165) is 4.47 Å². The standard InChI is InChI=1S/C12H8BrN3O2/c13-7-5-9-11(15-6-7)16-12(17)10(18-9)8-3-1-2-4-14-8/h1-6,10H,(H,15,16,17). The molecule has 1 amide bonds. The lowest BCUT2D eigenvalue weighted by molar-refractivity contribution is -0.124. The SMILES string of the molecule is O=C1Nc2ncc(Br)cc2OC1c1ccccn1. The molecule has 0 fully saturated rings. The van der Waals surface area contributed by atoms with Crippen LogP contribution in [0.5, 0.6) is 5.75 Å². The highest BCUT2D eigenvalue weighted by atomic mass is 79.9. The zero-order valence-electron chi connectivity index (χ0n) is 9.13. The first-order valence-corrected chi connectivity index (χ1v) is 6.07. The first-order valence-electron chi connectivity index (χ1n) is 5.28. The van der Waals surface area contributed by atoms with E-state index in [4.69, 9.17) is 4.74 Å². The molecule has 18 heavy (non-hydrogen) atoms. The van der Waals surface area contributed by atoms with E-state index in [2.05, 4.69) is 31.2 Å². The molecule has 0 bridgehead atoms. The summed E-state index contributed by atoms with van der Waals surface area (Å²) < 4.78 is 6.43. The van der Waals surface area contributed by atoms with Gasteiger partial charge in [0.25, 0.3) is 5.91 Å². The Morgan fingerprint density at radius 2 is 2.22 bits per heavy atom. The number of carbonyl (C=O) groups is 1. The quantitative estimate of drug-likeness (QED) is 0.878. The molecule has 1 unspecified atom stereocenters. The summed E-state index contributed by atoms with van der Waals surface area (Å²) in [5.74, 6) is 0.686. The molecular weight excluding hydrogens is 298 g/mol. The Kier molecular flexibility index (Phi) is 2.71. The van der Waals surface area contributed by atoms with Crippen molar-refractivity contribution in [2.45, 2.75) is 6.10 Å². The molecule has 5 nitrogen and oxygen atoms in total. The van der Waals surface area contributed by atoms with Crippen molar-refractivity contribution in [1.82, 2.24) is 9.97 Å². The third-order valence-electron chi connectivity index (χ3n) is 2.50. The van der Waals surface area contributed by atoms with Crippen LogP contribution in [0.1, 0.15) is 11.8 Å². The number of pyridine rings is 2. The van der Waals surface area contributed by atoms with E-state index in [1.54, 1.807) is 30.6 Å². The summed E-state index contributed by atoms with van der Waals surface area (Å²) in [7, 11) is 0. The first-order chi connectivity index (χ1) is 8.74. The van der Waals surface area contributed by atoms with Gasteiger partial charge in [0, 0.05) is 16.9 Å². The summed E-state index contributed by atoms with van der Waals surface area (Å²) in [6, 6.07) is 7.11. The van der Waals surface area contributed by atoms with Crippen molar-refractivity contribution >= 4 is 27.7 Å². The molecule has 3 heterocycles. The second-order valence-corrected chi connectivity index (χ2v) is 4.66. The predicted molar refractivity (Wildman–Crippen MR) is 68.2 cm³/mol. The first kappa shape index (κ1) is 11.2. The minimum atomic E-state index is -0.741. The Morgan fingerprint density at radius 1 is 1.33 bits per heavy atom. The lowest BCUT2D eigenvalue weighted by Crippen LogP contribution is -2.31. The maximum atomic E-state index is 11.9. The van der Waals surface area contributed by atoms with Crippen LogP contribution in [0.3, 0.4) is 0 Å². The molecule has 1 aliphatic rings. The van der Waals surface area contributed by atoms with Gasteiger partial charge in [-0.2, -0.15) is 0 Å². The number of hydrogen-bond acceptors (Lipinski definition) is 4. The van der Waals surface area contributed by atoms with Crippen LogP contribution in [0, 0.1) is 0 Å². The Balaban J connectivity index is 1.99. The fourth-order valence-corrected chi connectivity index (χ4v) is 2.00. The molecule has 0 saturated carbocycles. The molecule has 0 spiro atoms. The molecule has 1 aliphatic heterocycles. The zero-order chi connectivity index (χ0) is 12.5. The van der Waals surface area contributed by atoms with Gasteiger partial charge in [0.1, 0.15) is 0 Å². The molecule has 0 saturated heterocycles. The number of fused-ring (bicyclic) bond motifs is 1. The molecule has 3 rings (SSSR count). The maximum Gasteiger partial charge on any atom is 0.273 e. The van der Waals surface area contributed by atoms with Crippen molar-refractivity contribution in [1.29, 1.82) is 0 Å². The summed E-state index contributed by atoms with van der Waals surface area (Å²) in [6.45, 7) is 0. The fourth-order valence-electron chi connectivity index (χ4n) is 1.69. The summed E-state index contributed by atoms with van der Waals surface area (Å²) in [5, 5.41) is 2.70. The van der Waals surface area contributed by atoms with E-state index >= 15 is 0 Å². The minimum Gasteiger partial charge on any atom is -0.470 e. The number of aromatic nitrogens is 2. The summed E-state index contributed by atoms with van der Waals surface area (Å²) >= 11 is 3.31. The number of nitrogens with zero attached hydrogens (tertiary/aromatic N) is 2. The molecular formula is C12H8BrN3O2. The average molecular weight is 306 g/mol. The van der Waals surface area contributed by atoms with Gasteiger partial charge in [0.15, 0.2) is 11.6 Å². The van der Waals surface area contributed by atoms with Gasteiger partial charge in [-0.25, -0.2) is 4.98 Å². The van der Waals surface area contributed by atoms with E-state index < -0.39 is 6.10 Å². The van der Waals surface area contributed by atoms with Gasteiger partial charge in [-0.3, -0.25) is 9.78 Å². The summed E-state index contributed by atoms with van der Waals surface area (Å²) in [6.07, 6.45) is 2.49. The molecule has 2 aromatic rings. The van der Waals surface area contributed by atoms with Gasteiger partial charge in [0.05, 0.1) is 5.69 Å². The van der Waals surface area contributed by atoms with E-state index in [9.17, 15) is 4.79 Å². The topological polar surface area (TPSA) is 64.1 Å². The van der Waals surface area contributed by atoms with Crippen LogP contribution < -0.4 is 10.1 Å². The highest BCUT2D eigenvalue weighted by Gasteiger charge is 2.30. The van der Waals surface area contributed by atoms with Crippen LogP contribution in [0.4, 0.5) is 5.82 Å². The molecule has 2 aromatic heterocycles. The van der Waals surface area contributed by atoms with Crippen LogP contribution in [-0.4, -0.2) is 15.9 Å². The third-order valence-corrected chi connectivity index (χ3v) is 2.93. The highest BCUT2D eigenvalue weighted by molar-refractivity contribution is 9.10. The monoisotopic (exact) mass is 305 g/mol. The van der Waals surface area contributed by atoms with Crippen molar-refractivity contribution in [2.75, 3.05) is 5.32 Å². The number of amides is 1. The van der Waals surface area contributed by atoms with Crippen LogP contribution in [0.15, 0.2) is 41.1 Å². The van der Waals surface area contributed by atoms with E-state index in [1.165, 1.54) is 0 Å². The molecule has 0 radical (unpaired) electrons. The number of halogens is 1. The van der Waals surface area contributed by atoms with Gasteiger partial charge in [-0.15, -0.1) is 0 Å². The number of hydrogen-bond donors (Lipinski definition) is 1. The summed E-state index contributed by atoms with van der Waals surface area (Å²) in [4.78, 5) is 20.1. The van der Waals surface area contributed by atoms with Gasteiger partial charge in [0.2, 0.25) is 6.10 Å². The second-order valence-electron chi connectivity index (χ2n) is 3.74. The molecule has 0 aliphatic carbocycles. The smallest absolute Gasteiger partial charge is 0.273 e. The minimum absolute atomic E-state index is 0.268. The van der Waals surface area contributed by atoms with E-state index in [-0.39, 0.29) is 5.91 Å². The van der Waals surface area contributed by atoms with Crippen molar-refractivity contribution < 1.29 is 9.53 Å². The molecule has 1 N–H and O–H groups in total. The van der Waals surface area contributed by atoms with Crippen LogP contribution in [0.2, 0.25) is 0 Å². The van der Waals surface area contributed by atoms with Gasteiger partial charge in [-0.05, 0) is 34.1 Å². The Hall–Kier alpha value is -1.95. The van der Waals surface area contributed by atoms with E-state index in [0.29, 0.717) is 17.3 Å². The fraction of sp³-hybridized carbons (Fsp3) is 0.0833. The van der Waals surface area contributed by atoms with Crippen molar-refractivity contribution in [3.8, 4) is 5.75 Å². The number of ether oxygens (including phenoxy) is 1. The summed E-state index contributed by atoms with van der Waals surface area (Å²) in [5.41, 5.74) is 0.570. The molecule has 1 atom stereocenters. The molecule has 90 valence electrons. The van der Waals surface area contributed by atoms with Crippen LogP contribution >= 0.6 is 15.9 Å². The van der Waals surface area contributed by atoms with Crippen LogP contribution in [-0.2, 0) is 4.79 Å². The second kappa shape index (κ2) is 4.38. The Bertz CT molecular complexity index is 604.